The lowest BCUT2D eigenvalue weighted by atomic mass is 10.0. The number of benzene rings is 1. The third-order valence-electron chi connectivity index (χ3n) is 3.58. The van der Waals surface area contributed by atoms with Crippen molar-refractivity contribution in [2.45, 2.75) is 39.7 Å². The molecule has 0 amide bonds. The van der Waals surface area contributed by atoms with Crippen LogP contribution in [0.25, 0.3) is 0 Å². The number of hydrogen-bond acceptors (Lipinski definition) is 3. The minimum atomic E-state index is -0.847. The van der Waals surface area contributed by atoms with Crippen molar-refractivity contribution in [1.29, 1.82) is 0 Å². The Morgan fingerprint density at radius 1 is 1.25 bits per heavy atom. The Labute approximate surface area is 121 Å². The molecule has 1 rings (SSSR count). The molecule has 0 aromatic heterocycles. The Morgan fingerprint density at radius 2 is 1.80 bits per heavy atom. The van der Waals surface area contributed by atoms with Crippen LogP contribution in [-0.2, 0) is 4.79 Å². The molecule has 1 aromatic carbocycles. The van der Waals surface area contributed by atoms with Crippen molar-refractivity contribution in [2.75, 3.05) is 20.2 Å². The largest absolute Gasteiger partial charge is 0.494 e. The summed E-state index contributed by atoms with van der Waals surface area (Å²) >= 11 is 0. The third kappa shape index (κ3) is 4.53. The number of carboxylic acids is 1. The van der Waals surface area contributed by atoms with E-state index in [-0.39, 0.29) is 0 Å². The second kappa shape index (κ2) is 6.75. The predicted octanol–water partition coefficient (Wildman–Crippen LogP) is 2.87. The van der Waals surface area contributed by atoms with E-state index < -0.39 is 11.5 Å². The van der Waals surface area contributed by atoms with Gasteiger partial charge >= 0.3 is 5.97 Å². The molecule has 20 heavy (non-hydrogen) atoms. The van der Waals surface area contributed by atoms with E-state index >= 15 is 0 Å². The van der Waals surface area contributed by atoms with Crippen LogP contribution in [0.3, 0.4) is 0 Å². The lowest BCUT2D eigenvalue weighted by molar-refractivity contribution is -0.148. The molecule has 0 bridgehead atoms. The maximum absolute atomic E-state index is 11.1. The number of aryl methyl sites for hydroxylation is 2. The van der Waals surface area contributed by atoms with Crippen molar-refractivity contribution < 1.29 is 14.6 Å². The van der Waals surface area contributed by atoms with Crippen molar-refractivity contribution in [3.63, 3.8) is 0 Å². The van der Waals surface area contributed by atoms with Gasteiger partial charge in [0.15, 0.2) is 0 Å². The van der Waals surface area contributed by atoms with Crippen molar-refractivity contribution in [1.82, 2.24) is 4.90 Å². The zero-order valence-corrected chi connectivity index (χ0v) is 13.1. The summed E-state index contributed by atoms with van der Waals surface area (Å²) in [6.07, 6.45) is 0.792. The van der Waals surface area contributed by atoms with Crippen LogP contribution >= 0.6 is 0 Å². The Hall–Kier alpha value is -1.55. The zero-order valence-electron chi connectivity index (χ0n) is 13.1. The number of hydrogen-bond donors (Lipinski definition) is 1. The first-order chi connectivity index (χ1) is 9.23. The van der Waals surface area contributed by atoms with E-state index in [1.807, 2.05) is 37.9 Å². The zero-order chi connectivity index (χ0) is 15.3. The van der Waals surface area contributed by atoms with Crippen LogP contribution in [0, 0.1) is 13.8 Å². The monoisotopic (exact) mass is 279 g/mol. The summed E-state index contributed by atoms with van der Waals surface area (Å²) in [4.78, 5) is 13.0. The maximum Gasteiger partial charge on any atom is 0.323 e. The molecule has 1 aromatic rings. The van der Waals surface area contributed by atoms with E-state index in [9.17, 15) is 4.79 Å². The number of carbonyl (C=O) groups is 1. The number of aliphatic carboxylic acids is 1. The first-order valence-corrected chi connectivity index (χ1v) is 6.89. The quantitative estimate of drug-likeness (QED) is 0.780. The molecule has 4 nitrogen and oxygen atoms in total. The maximum atomic E-state index is 11.1. The van der Waals surface area contributed by atoms with Crippen LogP contribution in [0.1, 0.15) is 31.4 Å². The molecule has 112 valence electrons. The highest BCUT2D eigenvalue weighted by molar-refractivity contribution is 5.77. The Balaban J connectivity index is 2.40. The second-order valence-electron chi connectivity index (χ2n) is 5.81. The predicted molar refractivity (Wildman–Crippen MR) is 80.4 cm³/mol. The molecule has 0 saturated heterocycles. The highest BCUT2D eigenvalue weighted by atomic mass is 16.5. The first-order valence-electron chi connectivity index (χ1n) is 6.89. The minimum Gasteiger partial charge on any atom is -0.494 e. The second-order valence-corrected chi connectivity index (χ2v) is 5.81. The van der Waals surface area contributed by atoms with Gasteiger partial charge in [0.25, 0.3) is 0 Å². The molecule has 0 aliphatic carbocycles. The smallest absolute Gasteiger partial charge is 0.323 e. The fourth-order valence-corrected chi connectivity index (χ4v) is 1.95. The van der Waals surface area contributed by atoms with Crippen molar-refractivity contribution in [3.8, 4) is 5.75 Å². The van der Waals surface area contributed by atoms with Gasteiger partial charge in [0.1, 0.15) is 11.3 Å². The number of rotatable bonds is 7. The Kier molecular flexibility index (Phi) is 5.57. The molecular formula is C16H25NO3. The molecular weight excluding hydrogens is 254 g/mol. The van der Waals surface area contributed by atoms with Crippen LogP contribution in [0.2, 0.25) is 0 Å². The van der Waals surface area contributed by atoms with E-state index in [0.717, 1.165) is 12.2 Å². The van der Waals surface area contributed by atoms with Gasteiger partial charge in [-0.25, -0.2) is 0 Å². The van der Waals surface area contributed by atoms with E-state index in [2.05, 4.69) is 6.07 Å². The van der Waals surface area contributed by atoms with E-state index in [1.54, 1.807) is 13.8 Å². The molecule has 4 heteroatoms. The lowest BCUT2D eigenvalue weighted by Gasteiger charge is -2.31. The van der Waals surface area contributed by atoms with Gasteiger partial charge in [0.05, 0.1) is 6.61 Å². The molecule has 0 atom stereocenters. The van der Waals surface area contributed by atoms with Gasteiger partial charge in [0.2, 0.25) is 0 Å². The first kappa shape index (κ1) is 16.5. The normalized spacial score (nSPS) is 11.7. The summed E-state index contributed by atoms with van der Waals surface area (Å²) in [5.41, 5.74) is 1.52. The molecule has 0 heterocycles. The molecule has 0 saturated carbocycles. The Bertz CT molecular complexity index is 449. The fourth-order valence-electron chi connectivity index (χ4n) is 1.95. The van der Waals surface area contributed by atoms with Crippen LogP contribution < -0.4 is 4.74 Å². The summed E-state index contributed by atoms with van der Waals surface area (Å²) in [7, 11) is 1.82. The van der Waals surface area contributed by atoms with Crippen LogP contribution in [0.5, 0.6) is 5.75 Å². The van der Waals surface area contributed by atoms with E-state index in [1.165, 1.54) is 11.1 Å². The number of ether oxygens (including phenoxy) is 1. The van der Waals surface area contributed by atoms with Gasteiger partial charge in [-0.2, -0.15) is 0 Å². The van der Waals surface area contributed by atoms with Gasteiger partial charge in [-0.3, -0.25) is 9.69 Å². The molecule has 0 aliphatic heterocycles. The van der Waals surface area contributed by atoms with E-state index in [0.29, 0.717) is 13.2 Å². The van der Waals surface area contributed by atoms with Gasteiger partial charge in [-0.15, -0.1) is 0 Å². The number of likely N-dealkylation sites (N-methyl/N-ethyl adjacent to an activating group) is 1. The molecule has 1 N–H and O–H groups in total. The fraction of sp³-hybridized carbons (Fsp3) is 0.562. The minimum absolute atomic E-state index is 0.586. The number of nitrogens with zero attached hydrogens (tertiary/aromatic N) is 1. The third-order valence-corrected chi connectivity index (χ3v) is 3.58. The summed E-state index contributed by atoms with van der Waals surface area (Å²) in [6.45, 7) is 8.78. The standard InChI is InChI=1S/C16H25NO3/c1-12-9-13(2)11-14(10-12)20-8-6-7-17(5)16(3,4)15(18)19/h9-11H,6-8H2,1-5H3,(H,18,19). The van der Waals surface area contributed by atoms with E-state index in [4.69, 9.17) is 9.84 Å². The van der Waals surface area contributed by atoms with Crippen LogP contribution in [-0.4, -0.2) is 41.7 Å². The van der Waals surface area contributed by atoms with Gasteiger partial charge in [-0.1, -0.05) is 6.07 Å². The molecule has 0 radical (unpaired) electrons. The topological polar surface area (TPSA) is 49.8 Å². The van der Waals surface area contributed by atoms with Crippen molar-refractivity contribution >= 4 is 5.97 Å². The Morgan fingerprint density at radius 3 is 2.30 bits per heavy atom. The summed E-state index contributed by atoms with van der Waals surface area (Å²) in [6, 6.07) is 6.13. The highest BCUT2D eigenvalue weighted by Crippen LogP contribution is 2.17. The van der Waals surface area contributed by atoms with Crippen molar-refractivity contribution in [2.24, 2.45) is 0 Å². The molecule has 0 aliphatic rings. The molecule has 0 fully saturated rings. The number of carboxylic acid groups (broad SMARTS) is 1. The average Bonchev–Trinajstić information content (AvgIpc) is 2.32. The summed E-state index contributed by atoms with van der Waals surface area (Å²) < 4.78 is 5.72. The lowest BCUT2D eigenvalue weighted by Crippen LogP contribution is -2.48. The SMILES string of the molecule is Cc1cc(C)cc(OCCCN(C)C(C)(C)C(=O)O)c1. The van der Waals surface area contributed by atoms with Gasteiger partial charge in [-0.05, 0) is 64.4 Å². The summed E-state index contributed by atoms with van der Waals surface area (Å²) in [5, 5.41) is 9.13. The average molecular weight is 279 g/mol. The van der Waals surface area contributed by atoms with Crippen molar-refractivity contribution in [3.05, 3.63) is 29.3 Å². The molecule has 0 spiro atoms. The summed E-state index contributed by atoms with van der Waals surface area (Å²) in [5.74, 6) is 0.0675. The van der Waals surface area contributed by atoms with Gasteiger partial charge < -0.3 is 9.84 Å². The van der Waals surface area contributed by atoms with Crippen LogP contribution in [0.4, 0.5) is 0 Å². The highest BCUT2D eigenvalue weighted by Gasteiger charge is 2.31. The van der Waals surface area contributed by atoms with Gasteiger partial charge in [0, 0.05) is 6.54 Å². The van der Waals surface area contributed by atoms with Crippen LogP contribution in [0.15, 0.2) is 18.2 Å². The molecule has 0 unspecified atom stereocenters.